The average Bonchev–Trinajstić information content (AvgIpc) is 3.14. The predicted molar refractivity (Wildman–Crippen MR) is 117 cm³/mol. The minimum absolute atomic E-state index is 0.165. The van der Waals surface area contributed by atoms with Crippen LogP contribution in [0.2, 0.25) is 0 Å². The van der Waals surface area contributed by atoms with Gasteiger partial charge >= 0.3 is 6.09 Å². The van der Waals surface area contributed by atoms with E-state index in [0.29, 0.717) is 36.6 Å². The number of nitrogens with zero attached hydrogens (tertiary/aromatic N) is 3. The maximum absolute atomic E-state index is 12.0. The van der Waals surface area contributed by atoms with Crippen LogP contribution in [0.1, 0.15) is 22.4 Å². The zero-order valence-electron chi connectivity index (χ0n) is 17.1. The summed E-state index contributed by atoms with van der Waals surface area (Å²) in [6.45, 7) is 5.58. The topological polar surface area (TPSA) is 124 Å². The third kappa shape index (κ3) is 7.62. The average molecular weight is 452 g/mol. The van der Waals surface area contributed by atoms with Crippen molar-refractivity contribution < 1.29 is 17.9 Å². The number of sulfonamides is 1. The molecule has 0 saturated carbocycles. The van der Waals surface area contributed by atoms with Crippen LogP contribution in [-0.2, 0) is 21.2 Å². The number of thiazole rings is 1. The molecule has 2 N–H and O–H groups in total. The number of hydrogen-bond donors (Lipinski definition) is 2. The molecule has 2 rings (SSSR count). The molecule has 0 unspecified atom stereocenters. The monoisotopic (exact) mass is 451 g/mol. The number of nitrogens with one attached hydrogen (secondary N) is 2. The first-order chi connectivity index (χ1) is 14.2. The SMILES string of the molecule is CCN(CCNS(C)(=O)=O)c1ccc(NC(=O)OCCc2ncc(C#N)s2)c(C)c1. The van der Waals surface area contributed by atoms with Crippen LogP contribution < -0.4 is 14.9 Å². The summed E-state index contributed by atoms with van der Waals surface area (Å²) in [7, 11) is -3.22. The van der Waals surface area contributed by atoms with Crippen molar-refractivity contribution >= 4 is 38.8 Å². The molecule has 11 heteroatoms. The normalized spacial score (nSPS) is 11.0. The molecule has 0 saturated heterocycles. The number of carbonyl (C=O) groups excluding carboxylic acids is 1. The van der Waals surface area contributed by atoms with E-state index in [0.717, 1.165) is 22.5 Å². The first-order valence-corrected chi connectivity index (χ1v) is 12.0. The van der Waals surface area contributed by atoms with Gasteiger partial charge in [0.1, 0.15) is 10.9 Å². The smallest absolute Gasteiger partial charge is 0.411 e. The van der Waals surface area contributed by atoms with E-state index < -0.39 is 16.1 Å². The highest BCUT2D eigenvalue weighted by atomic mass is 32.2. The van der Waals surface area contributed by atoms with Gasteiger partial charge in [0.15, 0.2) is 0 Å². The van der Waals surface area contributed by atoms with Gasteiger partial charge in [-0.05, 0) is 37.6 Å². The van der Waals surface area contributed by atoms with Gasteiger partial charge in [0.2, 0.25) is 10.0 Å². The third-order valence-electron chi connectivity index (χ3n) is 4.15. The van der Waals surface area contributed by atoms with E-state index in [4.69, 9.17) is 10.00 Å². The van der Waals surface area contributed by atoms with E-state index in [1.54, 1.807) is 6.07 Å². The first kappa shape index (κ1) is 23.6. The molecule has 30 heavy (non-hydrogen) atoms. The molecule has 1 aromatic carbocycles. The highest BCUT2D eigenvalue weighted by Crippen LogP contribution is 2.23. The molecule has 0 aliphatic rings. The lowest BCUT2D eigenvalue weighted by Crippen LogP contribution is -2.34. The highest BCUT2D eigenvalue weighted by Gasteiger charge is 2.11. The van der Waals surface area contributed by atoms with Crippen LogP contribution in [0, 0.1) is 18.3 Å². The molecule has 0 atom stereocenters. The molecule has 0 aliphatic carbocycles. The van der Waals surface area contributed by atoms with Gasteiger partial charge in [-0.15, -0.1) is 11.3 Å². The van der Waals surface area contributed by atoms with Crippen molar-refractivity contribution in [2.45, 2.75) is 20.3 Å². The van der Waals surface area contributed by atoms with Crippen molar-refractivity contribution in [1.29, 1.82) is 5.26 Å². The second-order valence-corrected chi connectivity index (χ2v) is 9.43. The Morgan fingerprint density at radius 2 is 2.17 bits per heavy atom. The third-order valence-corrected chi connectivity index (χ3v) is 5.84. The Kier molecular flexibility index (Phi) is 8.58. The summed E-state index contributed by atoms with van der Waals surface area (Å²) in [5.41, 5.74) is 2.42. The first-order valence-electron chi connectivity index (χ1n) is 9.30. The van der Waals surface area contributed by atoms with Crippen LogP contribution >= 0.6 is 11.3 Å². The van der Waals surface area contributed by atoms with Gasteiger partial charge in [-0.25, -0.2) is 22.9 Å². The number of aryl methyl sites for hydroxylation is 1. The molecule has 1 aromatic heterocycles. The Bertz CT molecular complexity index is 1010. The molecule has 9 nitrogen and oxygen atoms in total. The van der Waals surface area contributed by atoms with Gasteiger partial charge in [0, 0.05) is 37.4 Å². The number of nitriles is 1. The summed E-state index contributed by atoms with van der Waals surface area (Å²) in [5, 5.41) is 12.3. The molecule has 0 fully saturated rings. The molecule has 2 aromatic rings. The Balaban J connectivity index is 1.87. The van der Waals surface area contributed by atoms with Crippen LogP contribution in [0.3, 0.4) is 0 Å². The zero-order valence-corrected chi connectivity index (χ0v) is 18.8. The van der Waals surface area contributed by atoms with Crippen molar-refractivity contribution in [3.63, 3.8) is 0 Å². The minimum atomic E-state index is -3.22. The van der Waals surface area contributed by atoms with Crippen LogP contribution in [0.25, 0.3) is 0 Å². The van der Waals surface area contributed by atoms with Crippen molar-refractivity contribution in [2.75, 3.05) is 42.7 Å². The van der Waals surface area contributed by atoms with E-state index in [9.17, 15) is 13.2 Å². The minimum Gasteiger partial charge on any atom is -0.449 e. The number of amides is 1. The summed E-state index contributed by atoms with van der Waals surface area (Å²) in [6, 6.07) is 7.61. The Morgan fingerprint density at radius 1 is 1.40 bits per heavy atom. The van der Waals surface area contributed by atoms with Gasteiger partial charge in [-0.2, -0.15) is 5.26 Å². The molecular weight excluding hydrogens is 426 g/mol. The molecule has 0 aliphatic heterocycles. The lowest BCUT2D eigenvalue weighted by atomic mass is 10.1. The van der Waals surface area contributed by atoms with E-state index in [2.05, 4.69) is 15.0 Å². The summed E-state index contributed by atoms with van der Waals surface area (Å²) >= 11 is 1.28. The number of likely N-dealkylation sites (N-methyl/N-ethyl adjacent to an activating group) is 1. The van der Waals surface area contributed by atoms with E-state index in [1.165, 1.54) is 17.5 Å². The van der Waals surface area contributed by atoms with Gasteiger partial charge in [0.05, 0.1) is 24.1 Å². The Morgan fingerprint density at radius 3 is 2.77 bits per heavy atom. The number of rotatable bonds is 10. The van der Waals surface area contributed by atoms with Crippen molar-refractivity contribution in [3.05, 3.63) is 39.8 Å². The van der Waals surface area contributed by atoms with Gasteiger partial charge < -0.3 is 9.64 Å². The lowest BCUT2D eigenvalue weighted by Gasteiger charge is -2.24. The number of benzene rings is 1. The number of carbonyl (C=O) groups is 1. The summed E-state index contributed by atoms with van der Waals surface area (Å²) < 4.78 is 30.1. The highest BCUT2D eigenvalue weighted by molar-refractivity contribution is 7.88. The van der Waals surface area contributed by atoms with Crippen molar-refractivity contribution in [2.24, 2.45) is 0 Å². The fourth-order valence-electron chi connectivity index (χ4n) is 2.68. The Labute approximate surface area is 180 Å². The van der Waals surface area contributed by atoms with Gasteiger partial charge in [0.25, 0.3) is 0 Å². The molecular formula is C19H25N5O4S2. The molecule has 162 valence electrons. The molecule has 1 heterocycles. The van der Waals surface area contributed by atoms with Crippen molar-refractivity contribution in [3.8, 4) is 6.07 Å². The molecule has 0 radical (unpaired) electrons. The molecule has 0 spiro atoms. The second-order valence-electron chi connectivity index (χ2n) is 6.49. The Hall–Kier alpha value is -2.68. The van der Waals surface area contributed by atoms with Gasteiger partial charge in [-0.1, -0.05) is 0 Å². The van der Waals surface area contributed by atoms with E-state index in [-0.39, 0.29) is 6.61 Å². The van der Waals surface area contributed by atoms with Crippen LogP contribution in [0.5, 0.6) is 0 Å². The fraction of sp³-hybridized carbons (Fsp3) is 0.421. The van der Waals surface area contributed by atoms with Crippen LogP contribution in [0.15, 0.2) is 24.4 Å². The van der Waals surface area contributed by atoms with E-state index in [1.807, 2.05) is 36.9 Å². The standard InChI is InChI=1S/C19H25N5O4S2/c1-4-24(9-8-22-30(3,26)27)15-5-6-17(14(2)11-15)23-19(25)28-10-7-18-21-13-16(12-20)29-18/h5-6,11,13,22H,4,7-10H2,1-3H3,(H,23,25). The van der Waals surface area contributed by atoms with E-state index >= 15 is 0 Å². The van der Waals surface area contributed by atoms with Crippen molar-refractivity contribution in [1.82, 2.24) is 9.71 Å². The predicted octanol–water partition coefficient (Wildman–Crippen LogP) is 2.49. The van der Waals surface area contributed by atoms with Gasteiger partial charge in [-0.3, -0.25) is 5.32 Å². The largest absolute Gasteiger partial charge is 0.449 e. The maximum Gasteiger partial charge on any atom is 0.411 e. The lowest BCUT2D eigenvalue weighted by molar-refractivity contribution is 0.163. The second kappa shape index (κ2) is 10.9. The van der Waals surface area contributed by atoms with Crippen LogP contribution in [0.4, 0.5) is 16.2 Å². The molecule has 0 bridgehead atoms. The number of anilines is 2. The fourth-order valence-corrected chi connectivity index (χ4v) is 3.83. The summed E-state index contributed by atoms with van der Waals surface area (Å²) in [4.78, 5) is 18.7. The number of ether oxygens (including phenoxy) is 1. The number of hydrogen-bond acceptors (Lipinski definition) is 8. The summed E-state index contributed by atoms with van der Waals surface area (Å²) in [6.07, 6.45) is 2.52. The maximum atomic E-state index is 12.0. The zero-order chi connectivity index (χ0) is 22.1. The molecule has 1 amide bonds. The summed E-state index contributed by atoms with van der Waals surface area (Å²) in [5.74, 6) is 0. The quantitative estimate of drug-likeness (QED) is 0.568. The number of aromatic nitrogens is 1. The van der Waals surface area contributed by atoms with Crippen LogP contribution in [-0.4, -0.2) is 52.0 Å².